The molecule has 0 fully saturated rings. The fourth-order valence-electron chi connectivity index (χ4n) is 0.0643. The number of carbonyl (C=O) groups is 1. The summed E-state index contributed by atoms with van der Waals surface area (Å²) < 4.78 is 4.04. The Kier molecular flexibility index (Phi) is 2.59. The summed E-state index contributed by atoms with van der Waals surface area (Å²) in [5, 5.41) is 6.26. The van der Waals surface area contributed by atoms with Crippen molar-refractivity contribution in [2.45, 2.75) is 6.92 Å². The Labute approximate surface area is 37.1 Å². The van der Waals surface area contributed by atoms with E-state index in [1.165, 1.54) is 6.92 Å². The minimum Gasteiger partial charge on any atom is -0.389 e. The van der Waals surface area contributed by atoms with E-state index in [0.717, 1.165) is 0 Å². The maximum Gasteiger partial charge on any atom is 0.311 e. The van der Waals surface area contributed by atoms with E-state index in [4.69, 9.17) is 5.16 Å². The maximum absolute atomic E-state index is 9.69. The van der Waals surface area contributed by atoms with Gasteiger partial charge in [0.15, 0.2) is 0 Å². The van der Waals surface area contributed by atoms with Crippen molar-refractivity contribution in [3.63, 3.8) is 0 Å². The van der Waals surface area contributed by atoms with E-state index in [1.807, 2.05) is 0 Å². The molecule has 0 aromatic carbocycles. The standard InChI is InChI=1S/C2H4NO2P/c1-2(4)5-6-3/h3H,1H3. The number of nitrogens with one attached hydrogen (secondary N) is 1. The maximum atomic E-state index is 9.69. The molecule has 6 heavy (non-hydrogen) atoms. The van der Waals surface area contributed by atoms with Gasteiger partial charge in [-0.3, -0.25) is 4.79 Å². The van der Waals surface area contributed by atoms with Crippen LogP contribution in [0, 0.1) is 5.16 Å². The predicted molar refractivity (Wildman–Crippen MR) is 21.4 cm³/mol. The van der Waals surface area contributed by atoms with Gasteiger partial charge in [-0.2, -0.15) is 0 Å². The number of carbonyl (C=O) groups excluding carboxylic acids is 1. The summed E-state index contributed by atoms with van der Waals surface area (Å²) >= 11 is 0. The van der Waals surface area contributed by atoms with Crippen molar-refractivity contribution in [2.24, 2.45) is 0 Å². The van der Waals surface area contributed by atoms with Gasteiger partial charge in [0, 0.05) is 6.92 Å². The first-order chi connectivity index (χ1) is 2.77. The third-order valence-electron chi connectivity index (χ3n) is 0.174. The van der Waals surface area contributed by atoms with Crippen LogP contribution in [-0.4, -0.2) is 5.97 Å². The van der Waals surface area contributed by atoms with Crippen LogP contribution in [0.15, 0.2) is 0 Å². The molecule has 0 amide bonds. The highest BCUT2D eigenvalue weighted by Gasteiger charge is 1.81. The fourth-order valence-corrected chi connectivity index (χ4v) is 0.193. The molecule has 0 spiro atoms. The topological polar surface area (TPSA) is 50.2 Å². The van der Waals surface area contributed by atoms with Crippen LogP contribution in [0.1, 0.15) is 6.92 Å². The van der Waals surface area contributed by atoms with Crippen LogP contribution in [0.2, 0.25) is 0 Å². The van der Waals surface area contributed by atoms with Crippen molar-refractivity contribution in [1.82, 2.24) is 0 Å². The lowest BCUT2D eigenvalue weighted by Crippen LogP contribution is -1.83. The van der Waals surface area contributed by atoms with Gasteiger partial charge in [-0.05, 0) is 0 Å². The molecule has 0 bridgehead atoms. The lowest BCUT2D eigenvalue weighted by atomic mass is 10.9. The minimum atomic E-state index is -0.410. The SMILES string of the molecule is CC(=O)OP=N. The summed E-state index contributed by atoms with van der Waals surface area (Å²) in [7, 11) is -0.0756. The van der Waals surface area contributed by atoms with Crippen molar-refractivity contribution in [1.29, 1.82) is 5.16 Å². The highest BCUT2D eigenvalue weighted by Crippen LogP contribution is 1.92. The second-order valence-electron chi connectivity index (χ2n) is 0.674. The molecule has 34 valence electrons. The highest BCUT2D eigenvalue weighted by atomic mass is 31.1. The fraction of sp³-hybridized carbons (Fsp3) is 0.500. The predicted octanol–water partition coefficient (Wildman–Crippen LogP) is 1.17. The highest BCUT2D eigenvalue weighted by molar-refractivity contribution is 7.19. The van der Waals surface area contributed by atoms with Crippen molar-refractivity contribution in [2.75, 3.05) is 0 Å². The number of rotatable bonds is 1. The van der Waals surface area contributed by atoms with E-state index in [-0.39, 0.29) is 8.60 Å². The lowest BCUT2D eigenvalue weighted by molar-refractivity contribution is -0.130. The van der Waals surface area contributed by atoms with E-state index in [2.05, 4.69) is 4.52 Å². The molecule has 0 atom stereocenters. The first-order valence-corrected chi connectivity index (χ1v) is 2.13. The molecule has 0 rings (SSSR count). The largest absolute Gasteiger partial charge is 0.389 e. The van der Waals surface area contributed by atoms with E-state index >= 15 is 0 Å². The zero-order valence-electron chi connectivity index (χ0n) is 3.26. The van der Waals surface area contributed by atoms with Crippen molar-refractivity contribution in [3.05, 3.63) is 0 Å². The third-order valence-corrected chi connectivity index (χ3v) is 0.523. The van der Waals surface area contributed by atoms with Gasteiger partial charge in [0.05, 0.1) is 0 Å². The first kappa shape index (κ1) is 5.57. The van der Waals surface area contributed by atoms with E-state index < -0.39 is 5.97 Å². The summed E-state index contributed by atoms with van der Waals surface area (Å²) in [6, 6.07) is 0. The zero-order chi connectivity index (χ0) is 4.99. The second kappa shape index (κ2) is 2.79. The van der Waals surface area contributed by atoms with Gasteiger partial charge in [0.25, 0.3) is 0 Å². The normalized spacial score (nSPS) is 8.17. The molecular formula is C2H4NO2P. The lowest BCUT2D eigenvalue weighted by Gasteiger charge is -1.79. The van der Waals surface area contributed by atoms with Crippen LogP contribution in [0.3, 0.4) is 0 Å². The molecule has 0 aliphatic rings. The summed E-state index contributed by atoms with van der Waals surface area (Å²) in [4.78, 5) is 9.69. The zero-order valence-corrected chi connectivity index (χ0v) is 4.16. The summed E-state index contributed by atoms with van der Waals surface area (Å²) in [6.45, 7) is 1.27. The Morgan fingerprint density at radius 3 is 2.50 bits per heavy atom. The molecule has 0 aliphatic carbocycles. The Bertz CT molecular complexity index is 71.9. The van der Waals surface area contributed by atoms with Gasteiger partial charge in [0.1, 0.15) is 0 Å². The average Bonchev–Trinajstić information content (AvgIpc) is 1.35. The van der Waals surface area contributed by atoms with Gasteiger partial charge >= 0.3 is 5.97 Å². The number of hydrogen-bond donors (Lipinski definition) is 1. The van der Waals surface area contributed by atoms with Crippen LogP contribution in [-0.2, 0) is 9.32 Å². The first-order valence-electron chi connectivity index (χ1n) is 1.31. The Hall–Kier alpha value is -0.430. The quantitative estimate of drug-likeness (QED) is 0.509. The smallest absolute Gasteiger partial charge is 0.311 e. The van der Waals surface area contributed by atoms with Gasteiger partial charge < -0.3 is 4.52 Å². The molecule has 0 radical (unpaired) electrons. The van der Waals surface area contributed by atoms with Gasteiger partial charge in [-0.1, -0.05) is 0 Å². The number of hydrogen-bond acceptors (Lipinski definition) is 3. The molecule has 0 aromatic rings. The van der Waals surface area contributed by atoms with E-state index in [9.17, 15) is 4.79 Å². The second-order valence-corrected chi connectivity index (χ2v) is 1.04. The van der Waals surface area contributed by atoms with Gasteiger partial charge in [-0.15, -0.1) is 0 Å². The average molecular weight is 105 g/mol. The molecule has 0 aromatic heterocycles. The van der Waals surface area contributed by atoms with Crippen molar-refractivity contribution < 1.29 is 9.32 Å². The van der Waals surface area contributed by atoms with Crippen LogP contribution < -0.4 is 0 Å². The van der Waals surface area contributed by atoms with Crippen LogP contribution in [0.4, 0.5) is 0 Å². The minimum absolute atomic E-state index is 0.0756. The van der Waals surface area contributed by atoms with Crippen molar-refractivity contribution in [3.8, 4) is 0 Å². The Balaban J connectivity index is 3.05. The molecule has 0 saturated heterocycles. The summed E-state index contributed by atoms with van der Waals surface area (Å²) in [5.41, 5.74) is 0. The molecule has 3 nitrogen and oxygen atoms in total. The summed E-state index contributed by atoms with van der Waals surface area (Å²) in [6.07, 6.45) is 0. The van der Waals surface area contributed by atoms with Gasteiger partial charge in [0.2, 0.25) is 8.60 Å². The molecule has 1 N–H and O–H groups in total. The summed E-state index contributed by atoms with van der Waals surface area (Å²) in [5.74, 6) is -0.410. The molecule has 0 heterocycles. The van der Waals surface area contributed by atoms with Crippen molar-refractivity contribution >= 4 is 14.6 Å². The molecule has 4 heteroatoms. The molecule has 0 unspecified atom stereocenters. The van der Waals surface area contributed by atoms with Crippen LogP contribution >= 0.6 is 8.60 Å². The van der Waals surface area contributed by atoms with Gasteiger partial charge in [-0.25, -0.2) is 5.16 Å². The third kappa shape index (κ3) is 3.57. The monoisotopic (exact) mass is 105 g/mol. The molecule has 0 aliphatic heterocycles. The van der Waals surface area contributed by atoms with E-state index in [1.54, 1.807) is 0 Å². The van der Waals surface area contributed by atoms with E-state index in [0.29, 0.717) is 0 Å². The molecule has 0 saturated carbocycles. The Morgan fingerprint density at radius 1 is 2.00 bits per heavy atom. The van der Waals surface area contributed by atoms with Crippen LogP contribution in [0.5, 0.6) is 0 Å². The molecular weight excluding hydrogens is 101 g/mol. The van der Waals surface area contributed by atoms with Crippen LogP contribution in [0.25, 0.3) is 0 Å². The Morgan fingerprint density at radius 2 is 2.50 bits per heavy atom.